The Morgan fingerprint density at radius 1 is 1.21 bits per heavy atom. The fourth-order valence-corrected chi connectivity index (χ4v) is 2.08. The summed E-state index contributed by atoms with van der Waals surface area (Å²) in [6.07, 6.45) is -4.82. The number of aromatic nitrogens is 2. The average Bonchev–Trinajstić information content (AvgIpc) is 3.09. The predicted octanol–water partition coefficient (Wildman–Crippen LogP) is 3.40. The van der Waals surface area contributed by atoms with Gasteiger partial charge >= 0.3 is 18.0 Å². The molecule has 0 radical (unpaired) electrons. The molecule has 0 unspecified atom stereocenters. The first-order chi connectivity index (χ1) is 12.8. The minimum Gasteiger partial charge on any atom is -0.329 e. The largest absolute Gasteiger partial charge is 0.471 e. The summed E-state index contributed by atoms with van der Waals surface area (Å²) in [5.74, 6) is -4.53. The van der Waals surface area contributed by atoms with Crippen LogP contribution in [0.25, 0.3) is 11.4 Å². The summed E-state index contributed by atoms with van der Waals surface area (Å²) in [5.41, 5.74) is -1.03. The van der Waals surface area contributed by atoms with Crippen molar-refractivity contribution in [3.05, 3.63) is 35.5 Å². The van der Waals surface area contributed by atoms with Crippen LogP contribution in [-0.2, 0) is 27.1 Å². The van der Waals surface area contributed by atoms with Crippen molar-refractivity contribution in [2.75, 3.05) is 7.11 Å². The van der Waals surface area contributed by atoms with Gasteiger partial charge in [0, 0.05) is 16.5 Å². The molecule has 0 aliphatic heterocycles. The molecule has 0 atom stereocenters. The van der Waals surface area contributed by atoms with Gasteiger partial charge in [-0.3, -0.25) is 14.4 Å². The molecule has 1 aromatic heterocycles. The van der Waals surface area contributed by atoms with Crippen LogP contribution >= 0.6 is 0 Å². The lowest BCUT2D eigenvalue weighted by atomic mass is 9.90. The first kappa shape index (κ1) is 21.5. The first-order valence-electron chi connectivity index (χ1n) is 7.94. The number of carbonyl (C=O) groups excluding carboxylic acids is 2. The van der Waals surface area contributed by atoms with Gasteiger partial charge in [0.25, 0.3) is 0 Å². The molecule has 1 heterocycles. The van der Waals surface area contributed by atoms with Crippen molar-refractivity contribution in [2.45, 2.75) is 33.5 Å². The molecule has 0 aliphatic carbocycles. The molecule has 0 aliphatic rings. The third-order valence-corrected chi connectivity index (χ3v) is 3.62. The summed E-state index contributed by atoms with van der Waals surface area (Å²) >= 11 is 0. The third-order valence-electron chi connectivity index (χ3n) is 3.62. The van der Waals surface area contributed by atoms with Crippen LogP contribution in [0.15, 0.2) is 22.7 Å². The van der Waals surface area contributed by atoms with E-state index in [1.165, 1.54) is 12.1 Å². The highest BCUT2D eigenvalue weighted by Crippen LogP contribution is 2.30. The van der Waals surface area contributed by atoms with E-state index in [0.29, 0.717) is 5.06 Å². The number of halogens is 4. The molecule has 0 spiro atoms. The van der Waals surface area contributed by atoms with E-state index in [9.17, 15) is 27.2 Å². The number of rotatable bonds is 5. The topological polar surface area (TPSA) is 85.5 Å². The van der Waals surface area contributed by atoms with Gasteiger partial charge in [-0.15, -0.1) is 0 Å². The summed E-state index contributed by atoms with van der Waals surface area (Å²) in [4.78, 5) is 32.3. The second-order valence-electron chi connectivity index (χ2n) is 6.83. The number of benzene rings is 1. The molecule has 0 fully saturated rings. The van der Waals surface area contributed by atoms with Gasteiger partial charge in [-0.1, -0.05) is 38.1 Å². The van der Waals surface area contributed by atoms with Gasteiger partial charge in [0.1, 0.15) is 5.82 Å². The number of hydrogen-bond donors (Lipinski definition) is 0. The van der Waals surface area contributed by atoms with Crippen LogP contribution in [0.3, 0.4) is 0 Å². The van der Waals surface area contributed by atoms with Crippen LogP contribution in [-0.4, -0.2) is 34.0 Å². The number of Topliss-reactive ketones (excluding diaryl/α,β-unsaturated/α-hetero) is 1. The molecule has 2 aromatic rings. The summed E-state index contributed by atoms with van der Waals surface area (Å²) in [7, 11) is 1.15. The zero-order chi connectivity index (χ0) is 21.3. The second-order valence-corrected chi connectivity index (χ2v) is 6.83. The Bertz CT molecular complexity index is 887. The van der Waals surface area contributed by atoms with Crippen LogP contribution in [0.4, 0.5) is 17.6 Å². The van der Waals surface area contributed by atoms with E-state index in [0.717, 1.165) is 13.2 Å². The fourth-order valence-electron chi connectivity index (χ4n) is 2.08. The lowest BCUT2D eigenvalue weighted by Gasteiger charge is -2.23. The summed E-state index contributed by atoms with van der Waals surface area (Å²) in [6.45, 7) is 4.27. The smallest absolute Gasteiger partial charge is 0.329 e. The highest BCUT2D eigenvalue weighted by atomic mass is 19.4. The number of ketones is 1. The van der Waals surface area contributed by atoms with Crippen LogP contribution in [0.2, 0.25) is 0 Å². The number of carbonyl (C=O) groups is 2. The number of hydrogen-bond acceptors (Lipinski definition) is 6. The van der Waals surface area contributed by atoms with Gasteiger partial charge < -0.3 is 4.52 Å². The number of nitrogens with zero attached hydrogens (tertiary/aromatic N) is 3. The SMILES string of the molecule is CON(Cc1ccc(-c2noc(C(F)(F)F)n2)cc1F)C(=O)C(=O)C(C)(C)C. The van der Waals surface area contributed by atoms with Crippen molar-refractivity contribution in [2.24, 2.45) is 5.41 Å². The van der Waals surface area contributed by atoms with E-state index >= 15 is 0 Å². The van der Waals surface area contributed by atoms with E-state index in [2.05, 4.69) is 14.7 Å². The minimum atomic E-state index is -4.82. The molecule has 11 heteroatoms. The number of hydroxylamine groups is 2. The maximum absolute atomic E-state index is 14.4. The van der Waals surface area contributed by atoms with Crippen molar-refractivity contribution in [1.29, 1.82) is 0 Å². The highest BCUT2D eigenvalue weighted by molar-refractivity contribution is 6.37. The Kier molecular flexibility index (Phi) is 5.88. The highest BCUT2D eigenvalue weighted by Gasteiger charge is 2.38. The molecule has 152 valence electrons. The Hall–Kier alpha value is -2.82. The molecule has 0 N–H and O–H groups in total. The van der Waals surface area contributed by atoms with Crippen molar-refractivity contribution < 1.29 is 36.5 Å². The molecule has 0 saturated heterocycles. The van der Waals surface area contributed by atoms with Crippen LogP contribution < -0.4 is 0 Å². The van der Waals surface area contributed by atoms with Crippen molar-refractivity contribution in [1.82, 2.24) is 15.2 Å². The van der Waals surface area contributed by atoms with Gasteiger partial charge in [0.2, 0.25) is 11.6 Å². The second kappa shape index (κ2) is 7.66. The zero-order valence-electron chi connectivity index (χ0n) is 15.4. The lowest BCUT2D eigenvalue weighted by Crippen LogP contribution is -2.41. The number of amides is 1. The van der Waals surface area contributed by atoms with Gasteiger partial charge in [-0.05, 0) is 6.07 Å². The first-order valence-corrected chi connectivity index (χ1v) is 7.94. The monoisotopic (exact) mass is 403 g/mol. The van der Waals surface area contributed by atoms with E-state index in [1.54, 1.807) is 20.8 Å². The van der Waals surface area contributed by atoms with Gasteiger partial charge in [0.05, 0.1) is 13.7 Å². The Morgan fingerprint density at radius 3 is 2.32 bits per heavy atom. The summed E-state index contributed by atoms with van der Waals surface area (Å²) in [6, 6.07) is 3.37. The van der Waals surface area contributed by atoms with Crippen LogP contribution in [0, 0.1) is 11.2 Å². The van der Waals surface area contributed by atoms with E-state index in [4.69, 9.17) is 4.84 Å². The summed E-state index contributed by atoms with van der Waals surface area (Å²) in [5, 5.41) is 3.87. The minimum absolute atomic E-state index is 0.0276. The Balaban J connectivity index is 2.23. The maximum atomic E-state index is 14.4. The molecule has 2 rings (SSSR count). The fraction of sp³-hybridized carbons (Fsp3) is 0.412. The van der Waals surface area contributed by atoms with Gasteiger partial charge in [-0.2, -0.15) is 18.2 Å². The normalized spacial score (nSPS) is 12.1. The quantitative estimate of drug-likeness (QED) is 0.432. The molecule has 1 aromatic carbocycles. The molecule has 1 amide bonds. The van der Waals surface area contributed by atoms with Crippen LogP contribution in [0.1, 0.15) is 32.2 Å². The molecular weight excluding hydrogens is 386 g/mol. The van der Waals surface area contributed by atoms with E-state index in [1.807, 2.05) is 0 Å². The molecular formula is C17H17F4N3O4. The zero-order valence-corrected chi connectivity index (χ0v) is 15.4. The number of alkyl halides is 3. The van der Waals surface area contributed by atoms with Crippen molar-refractivity contribution in [3.63, 3.8) is 0 Å². The predicted molar refractivity (Wildman–Crippen MR) is 86.7 cm³/mol. The van der Waals surface area contributed by atoms with Crippen LogP contribution in [0.5, 0.6) is 0 Å². The maximum Gasteiger partial charge on any atom is 0.471 e. The van der Waals surface area contributed by atoms with E-state index < -0.39 is 40.8 Å². The Morgan fingerprint density at radius 2 is 1.86 bits per heavy atom. The standard InChI is InChI=1S/C17H17F4N3O4/c1-16(2,3)12(25)14(26)24(27-4)8-10-6-5-9(7-11(10)18)13-22-15(28-23-13)17(19,20)21/h5-7H,8H2,1-4H3. The molecule has 28 heavy (non-hydrogen) atoms. The summed E-state index contributed by atoms with van der Waals surface area (Å²) < 4.78 is 56.0. The average molecular weight is 403 g/mol. The van der Waals surface area contributed by atoms with Crippen molar-refractivity contribution >= 4 is 11.7 Å². The van der Waals surface area contributed by atoms with E-state index in [-0.39, 0.29) is 17.7 Å². The Labute approximate surface area is 157 Å². The van der Waals surface area contributed by atoms with Gasteiger partial charge in [0.15, 0.2) is 0 Å². The molecule has 7 nitrogen and oxygen atoms in total. The lowest BCUT2D eigenvalue weighted by molar-refractivity contribution is -0.184. The van der Waals surface area contributed by atoms with Gasteiger partial charge in [-0.25, -0.2) is 9.45 Å². The third kappa shape index (κ3) is 4.71. The molecule has 0 saturated carbocycles. The van der Waals surface area contributed by atoms with Crippen molar-refractivity contribution in [3.8, 4) is 11.4 Å². The molecule has 0 bridgehead atoms.